The minimum Gasteiger partial charge on any atom is -0.593 e. The Labute approximate surface area is 91.6 Å². The van der Waals surface area contributed by atoms with E-state index < -0.39 is 17.0 Å². The molecule has 1 atom stereocenters. The standard InChI is InChI=1S/C10H12N2O2S/c1-10(2,13)8-3-7(6-11)4-9(5-8)15(12)14/h3-5,13H,12H2,1-2H3. The summed E-state index contributed by atoms with van der Waals surface area (Å²) in [7, 11) is 0. The van der Waals surface area contributed by atoms with E-state index in [1.165, 1.54) is 12.1 Å². The van der Waals surface area contributed by atoms with Crippen LogP contribution >= 0.6 is 0 Å². The monoisotopic (exact) mass is 224 g/mol. The van der Waals surface area contributed by atoms with Gasteiger partial charge in [-0.1, -0.05) is 0 Å². The van der Waals surface area contributed by atoms with Gasteiger partial charge >= 0.3 is 0 Å². The number of hydrogen-bond donors (Lipinski definition) is 2. The van der Waals surface area contributed by atoms with Crippen LogP contribution in [0, 0.1) is 11.3 Å². The first kappa shape index (κ1) is 12.0. The van der Waals surface area contributed by atoms with Crippen molar-refractivity contribution < 1.29 is 9.66 Å². The average molecular weight is 224 g/mol. The van der Waals surface area contributed by atoms with Gasteiger partial charge < -0.3 is 9.66 Å². The fourth-order valence-corrected chi connectivity index (χ4v) is 1.62. The molecule has 0 aliphatic carbocycles. The molecule has 5 heteroatoms. The van der Waals surface area contributed by atoms with Gasteiger partial charge in [0.05, 0.1) is 28.6 Å². The summed E-state index contributed by atoms with van der Waals surface area (Å²) in [6.07, 6.45) is 0. The van der Waals surface area contributed by atoms with Crippen molar-refractivity contribution >= 4 is 11.4 Å². The number of hydrogen-bond acceptors (Lipinski definition) is 4. The minimum absolute atomic E-state index is 0.337. The molecule has 0 heterocycles. The van der Waals surface area contributed by atoms with Crippen molar-refractivity contribution in [2.24, 2.45) is 5.14 Å². The zero-order chi connectivity index (χ0) is 11.6. The van der Waals surface area contributed by atoms with Gasteiger partial charge in [0.25, 0.3) is 0 Å². The lowest BCUT2D eigenvalue weighted by Gasteiger charge is -2.18. The van der Waals surface area contributed by atoms with E-state index in [0.29, 0.717) is 16.0 Å². The summed E-state index contributed by atoms with van der Waals surface area (Å²) >= 11 is -1.65. The molecule has 1 unspecified atom stereocenters. The SMILES string of the molecule is CC(C)(O)c1cc(C#N)cc([S+](N)[O-])c1. The maximum Gasteiger partial charge on any atom is 0.175 e. The van der Waals surface area contributed by atoms with Crippen molar-refractivity contribution in [3.8, 4) is 6.07 Å². The summed E-state index contributed by atoms with van der Waals surface area (Å²) in [4.78, 5) is 0.339. The van der Waals surface area contributed by atoms with E-state index in [2.05, 4.69) is 0 Å². The smallest absolute Gasteiger partial charge is 0.175 e. The van der Waals surface area contributed by atoms with Crippen LogP contribution in [0.25, 0.3) is 0 Å². The molecule has 0 radical (unpaired) electrons. The first-order chi connectivity index (χ1) is 6.84. The Morgan fingerprint density at radius 3 is 2.47 bits per heavy atom. The second kappa shape index (κ2) is 4.21. The van der Waals surface area contributed by atoms with Crippen LogP contribution in [0.1, 0.15) is 25.0 Å². The second-order valence-electron chi connectivity index (χ2n) is 3.71. The topological polar surface area (TPSA) is 93.1 Å². The number of nitrogens with two attached hydrogens (primary N) is 1. The van der Waals surface area contributed by atoms with Gasteiger partial charge in [-0.05, 0) is 25.5 Å². The van der Waals surface area contributed by atoms with Crippen molar-refractivity contribution in [2.75, 3.05) is 0 Å². The molecule has 0 bridgehead atoms. The summed E-state index contributed by atoms with van der Waals surface area (Å²) in [5, 5.41) is 23.8. The van der Waals surface area contributed by atoms with Gasteiger partial charge in [0.15, 0.2) is 4.90 Å². The van der Waals surface area contributed by atoms with Gasteiger partial charge in [-0.3, -0.25) is 0 Å². The number of nitrogens with zero attached hydrogens (tertiary/aromatic N) is 1. The van der Waals surface area contributed by atoms with Gasteiger partial charge in [-0.2, -0.15) is 5.26 Å². The van der Waals surface area contributed by atoms with Crippen LogP contribution in [0.5, 0.6) is 0 Å². The summed E-state index contributed by atoms with van der Waals surface area (Å²) in [5.74, 6) is 0. The number of aliphatic hydroxyl groups is 1. The van der Waals surface area contributed by atoms with E-state index in [4.69, 9.17) is 10.4 Å². The van der Waals surface area contributed by atoms with Crippen LogP contribution in [-0.2, 0) is 17.0 Å². The third-order valence-corrected chi connectivity index (χ3v) is 2.67. The van der Waals surface area contributed by atoms with Gasteiger partial charge in [0.2, 0.25) is 0 Å². The highest BCUT2D eigenvalue weighted by Crippen LogP contribution is 2.23. The molecule has 0 amide bonds. The van der Waals surface area contributed by atoms with E-state index in [1.54, 1.807) is 19.9 Å². The molecule has 0 fully saturated rings. The molecule has 0 saturated carbocycles. The molecule has 0 spiro atoms. The number of nitriles is 1. The lowest BCUT2D eigenvalue weighted by atomic mass is 9.97. The Balaban J connectivity index is 3.32. The molecule has 0 aliphatic rings. The summed E-state index contributed by atoms with van der Waals surface area (Å²) in [6.45, 7) is 3.18. The summed E-state index contributed by atoms with van der Waals surface area (Å²) < 4.78 is 11.1. The van der Waals surface area contributed by atoms with Crippen LogP contribution in [0.3, 0.4) is 0 Å². The van der Waals surface area contributed by atoms with Gasteiger partial charge in [-0.15, -0.1) is 5.14 Å². The molecule has 4 nitrogen and oxygen atoms in total. The average Bonchev–Trinajstić information content (AvgIpc) is 2.15. The van der Waals surface area contributed by atoms with Crippen LogP contribution < -0.4 is 5.14 Å². The Morgan fingerprint density at radius 2 is 2.07 bits per heavy atom. The molecule has 0 aromatic heterocycles. The zero-order valence-electron chi connectivity index (χ0n) is 8.52. The predicted molar refractivity (Wildman–Crippen MR) is 57.0 cm³/mol. The van der Waals surface area contributed by atoms with Crippen LogP contribution in [-0.4, -0.2) is 9.66 Å². The highest BCUT2D eigenvalue weighted by Gasteiger charge is 2.20. The van der Waals surface area contributed by atoms with E-state index in [1.807, 2.05) is 6.07 Å². The summed E-state index contributed by atoms with van der Waals surface area (Å²) in [6, 6.07) is 6.47. The van der Waals surface area contributed by atoms with Gasteiger partial charge in [0, 0.05) is 12.1 Å². The van der Waals surface area contributed by atoms with Gasteiger partial charge in [-0.25, -0.2) is 0 Å². The van der Waals surface area contributed by atoms with Gasteiger partial charge in [0.1, 0.15) is 0 Å². The highest BCUT2D eigenvalue weighted by atomic mass is 32.2. The van der Waals surface area contributed by atoms with E-state index >= 15 is 0 Å². The highest BCUT2D eigenvalue weighted by molar-refractivity contribution is 7.89. The molecule has 15 heavy (non-hydrogen) atoms. The van der Waals surface area contributed by atoms with Crippen LogP contribution in [0.15, 0.2) is 23.1 Å². The Hall–Kier alpha value is -1.06. The molecule has 80 valence electrons. The third kappa shape index (κ3) is 2.94. The van der Waals surface area contributed by atoms with Crippen molar-refractivity contribution in [3.05, 3.63) is 29.3 Å². The van der Waals surface area contributed by atoms with Crippen LogP contribution in [0.2, 0.25) is 0 Å². The molecule has 0 saturated heterocycles. The van der Waals surface area contributed by atoms with Crippen molar-refractivity contribution in [2.45, 2.75) is 24.3 Å². The Morgan fingerprint density at radius 1 is 1.47 bits per heavy atom. The van der Waals surface area contributed by atoms with E-state index in [9.17, 15) is 9.66 Å². The quantitative estimate of drug-likeness (QED) is 0.725. The molecule has 1 aromatic rings. The molecule has 0 aliphatic heterocycles. The van der Waals surface area contributed by atoms with Crippen LogP contribution in [0.4, 0.5) is 0 Å². The second-order valence-corrected chi connectivity index (χ2v) is 4.78. The third-order valence-electron chi connectivity index (χ3n) is 1.97. The van der Waals surface area contributed by atoms with Crippen molar-refractivity contribution in [3.63, 3.8) is 0 Å². The predicted octanol–water partition coefficient (Wildman–Crippen LogP) is 0.767. The number of rotatable bonds is 2. The van der Waals surface area contributed by atoms with E-state index in [0.717, 1.165) is 0 Å². The van der Waals surface area contributed by atoms with E-state index in [-0.39, 0.29) is 0 Å². The zero-order valence-corrected chi connectivity index (χ0v) is 9.34. The largest absolute Gasteiger partial charge is 0.593 e. The minimum atomic E-state index is -1.65. The molecule has 1 rings (SSSR count). The Bertz CT molecular complexity index is 405. The molecular weight excluding hydrogens is 212 g/mol. The molecule has 3 N–H and O–H groups in total. The summed E-state index contributed by atoms with van der Waals surface area (Å²) in [5.41, 5.74) is -0.222. The van der Waals surface area contributed by atoms with Crippen molar-refractivity contribution in [1.82, 2.24) is 0 Å². The first-order valence-corrected chi connectivity index (χ1v) is 5.50. The fourth-order valence-electron chi connectivity index (χ4n) is 1.13. The first-order valence-electron chi connectivity index (χ1n) is 4.29. The normalized spacial score (nSPS) is 13.3. The lowest BCUT2D eigenvalue weighted by Crippen LogP contribution is -2.18. The Kier molecular flexibility index (Phi) is 3.37. The fraction of sp³-hybridized carbons (Fsp3) is 0.300. The maximum atomic E-state index is 11.1. The maximum absolute atomic E-state index is 11.1. The van der Waals surface area contributed by atoms with Crippen molar-refractivity contribution in [1.29, 1.82) is 5.26 Å². The molecule has 1 aromatic carbocycles. The molecular formula is C10H12N2O2S. The number of benzene rings is 1. The lowest BCUT2D eigenvalue weighted by molar-refractivity contribution is 0.0783.